The third kappa shape index (κ3) is 3.78. The van der Waals surface area contributed by atoms with Crippen molar-refractivity contribution in [1.29, 1.82) is 10.5 Å². The van der Waals surface area contributed by atoms with Crippen LogP contribution >= 0.6 is 0 Å². The minimum absolute atomic E-state index is 0. The van der Waals surface area contributed by atoms with Gasteiger partial charge in [0.2, 0.25) is 0 Å². The third-order valence-electron chi connectivity index (χ3n) is 3.41. The first-order valence-corrected chi connectivity index (χ1v) is 6.66. The molecule has 0 aliphatic carbocycles. The van der Waals surface area contributed by atoms with E-state index in [9.17, 15) is 0 Å². The van der Waals surface area contributed by atoms with Crippen molar-refractivity contribution in [1.82, 2.24) is 14.8 Å². The Balaban J connectivity index is 0.00000192. The Kier molecular flexibility index (Phi) is 5.90. The number of hydrogen-bond acceptors (Lipinski definition) is 4. The zero-order valence-corrected chi connectivity index (χ0v) is 11.6. The number of benzene rings is 2. The van der Waals surface area contributed by atoms with Gasteiger partial charge >= 0.3 is 37.7 Å². The van der Waals surface area contributed by atoms with Crippen LogP contribution in [0.1, 0.15) is 28.3 Å². The number of nitrogens with zero attached hydrogens (tertiary/aromatic N) is 5. The average molecular weight is 327 g/mol. The quantitative estimate of drug-likeness (QED) is 0.687. The molecule has 0 fully saturated rings. The van der Waals surface area contributed by atoms with Crippen molar-refractivity contribution in [3.8, 4) is 12.1 Å². The van der Waals surface area contributed by atoms with E-state index in [0.717, 1.165) is 11.1 Å². The molecule has 1 aromatic heterocycles. The fourth-order valence-corrected chi connectivity index (χ4v) is 2.33. The normalized spacial score (nSPS) is 9.70. The van der Waals surface area contributed by atoms with Crippen molar-refractivity contribution in [3.05, 3.63) is 83.4 Å². The summed E-state index contributed by atoms with van der Waals surface area (Å²) in [5.74, 6) is 0. The van der Waals surface area contributed by atoms with Crippen LogP contribution in [0.25, 0.3) is 0 Å². The van der Waals surface area contributed by atoms with Crippen LogP contribution in [0.2, 0.25) is 0 Å². The molecule has 0 saturated heterocycles. The molecule has 3 aromatic rings. The van der Waals surface area contributed by atoms with Gasteiger partial charge in [0.25, 0.3) is 0 Å². The molecule has 6 heteroatoms. The standard InChI is InChI=1S/C17H11N5.Ca.2H/c18-9-13-1-5-15(6-2-13)17(22-12-20-11-21-22)16-7-3-14(10-19)4-8-16;;;/h1-8,11-12,17H;;;. The molecule has 3 rings (SSSR count). The fourth-order valence-electron chi connectivity index (χ4n) is 2.33. The van der Waals surface area contributed by atoms with E-state index in [1.165, 1.54) is 6.33 Å². The molecule has 0 aliphatic rings. The van der Waals surface area contributed by atoms with E-state index in [0.29, 0.717) is 11.1 Å². The van der Waals surface area contributed by atoms with Gasteiger partial charge in [-0.1, -0.05) is 24.3 Å². The predicted octanol–water partition coefficient (Wildman–Crippen LogP) is 1.74. The predicted molar refractivity (Wildman–Crippen MR) is 88.1 cm³/mol. The molecule has 1 heterocycles. The fraction of sp³-hybridized carbons (Fsp3) is 0.0588. The van der Waals surface area contributed by atoms with E-state index < -0.39 is 0 Å². The average Bonchev–Trinajstić information content (AvgIpc) is 3.10. The van der Waals surface area contributed by atoms with Crippen molar-refractivity contribution in [3.63, 3.8) is 0 Å². The Bertz CT molecular complexity index is 782. The molecule has 0 unspecified atom stereocenters. The van der Waals surface area contributed by atoms with E-state index in [1.54, 1.807) is 35.3 Å². The molecule has 0 atom stereocenters. The van der Waals surface area contributed by atoms with Crippen molar-refractivity contribution in [2.75, 3.05) is 0 Å². The summed E-state index contributed by atoms with van der Waals surface area (Å²) in [5, 5.41) is 22.1. The second kappa shape index (κ2) is 7.89. The Morgan fingerprint density at radius 3 is 1.65 bits per heavy atom. The molecular weight excluding hydrogens is 314 g/mol. The Morgan fingerprint density at radius 2 is 1.30 bits per heavy atom. The molecule has 23 heavy (non-hydrogen) atoms. The first-order chi connectivity index (χ1) is 10.8. The molecule has 0 spiro atoms. The van der Waals surface area contributed by atoms with Crippen LogP contribution in [-0.2, 0) is 0 Å². The van der Waals surface area contributed by atoms with Crippen LogP contribution in [0, 0.1) is 22.7 Å². The molecule has 0 amide bonds. The molecule has 0 aliphatic heterocycles. The van der Waals surface area contributed by atoms with Gasteiger partial charge in [-0.25, -0.2) is 9.67 Å². The molecular formula is C17H13CaN5. The maximum atomic E-state index is 8.92. The van der Waals surface area contributed by atoms with E-state index in [2.05, 4.69) is 22.2 Å². The first kappa shape index (κ1) is 17.2. The van der Waals surface area contributed by atoms with Gasteiger partial charge in [-0.3, -0.25) is 0 Å². The van der Waals surface area contributed by atoms with Gasteiger partial charge in [0.05, 0.1) is 23.3 Å². The zero-order chi connectivity index (χ0) is 15.4. The van der Waals surface area contributed by atoms with Crippen molar-refractivity contribution in [2.45, 2.75) is 6.04 Å². The van der Waals surface area contributed by atoms with Gasteiger partial charge < -0.3 is 0 Å². The van der Waals surface area contributed by atoms with E-state index in [-0.39, 0.29) is 43.8 Å². The number of hydrogen-bond donors (Lipinski definition) is 0. The molecule has 0 saturated carbocycles. The Hall–Kier alpha value is -2.18. The summed E-state index contributed by atoms with van der Waals surface area (Å²) in [6.07, 6.45) is 3.14. The van der Waals surface area contributed by atoms with Crippen molar-refractivity contribution >= 4 is 37.7 Å². The van der Waals surface area contributed by atoms with Gasteiger partial charge in [-0.15, -0.1) is 0 Å². The second-order valence-electron chi connectivity index (χ2n) is 4.75. The van der Waals surface area contributed by atoms with Gasteiger partial charge in [-0.05, 0) is 35.4 Å². The summed E-state index contributed by atoms with van der Waals surface area (Å²) in [6.45, 7) is 0. The molecule has 0 bridgehead atoms. The zero-order valence-electron chi connectivity index (χ0n) is 11.6. The molecule has 0 radical (unpaired) electrons. The number of rotatable bonds is 3. The SMILES string of the molecule is N#Cc1ccc(C(c2ccc(C#N)cc2)n2cncn2)cc1.[CaH2]. The second-order valence-corrected chi connectivity index (χ2v) is 4.75. The molecule has 108 valence electrons. The summed E-state index contributed by atoms with van der Waals surface area (Å²) >= 11 is 0. The first-order valence-electron chi connectivity index (χ1n) is 6.66. The summed E-state index contributed by atoms with van der Waals surface area (Å²) in [4.78, 5) is 4.01. The van der Waals surface area contributed by atoms with Gasteiger partial charge in [-0.2, -0.15) is 15.6 Å². The van der Waals surface area contributed by atoms with Gasteiger partial charge in [0.15, 0.2) is 0 Å². The van der Waals surface area contributed by atoms with Crippen LogP contribution in [0.15, 0.2) is 61.2 Å². The van der Waals surface area contributed by atoms with Gasteiger partial charge in [0, 0.05) is 0 Å². The summed E-state index contributed by atoms with van der Waals surface area (Å²) in [6, 6.07) is 18.8. The molecule has 2 aromatic carbocycles. The Labute approximate surface area is 163 Å². The van der Waals surface area contributed by atoms with Crippen LogP contribution in [0.4, 0.5) is 0 Å². The maximum absolute atomic E-state index is 8.92. The molecule has 0 N–H and O–H groups in total. The van der Waals surface area contributed by atoms with Crippen molar-refractivity contribution in [2.24, 2.45) is 0 Å². The third-order valence-corrected chi connectivity index (χ3v) is 3.41. The van der Waals surface area contributed by atoms with E-state index in [4.69, 9.17) is 10.5 Å². The number of nitriles is 2. The van der Waals surface area contributed by atoms with Crippen LogP contribution < -0.4 is 0 Å². The summed E-state index contributed by atoms with van der Waals surface area (Å²) in [5.41, 5.74) is 3.21. The van der Waals surface area contributed by atoms with Crippen LogP contribution in [0.3, 0.4) is 0 Å². The minimum atomic E-state index is -0.150. The summed E-state index contributed by atoms with van der Waals surface area (Å²) in [7, 11) is 0. The van der Waals surface area contributed by atoms with Crippen LogP contribution in [0.5, 0.6) is 0 Å². The monoisotopic (exact) mass is 327 g/mol. The Morgan fingerprint density at radius 1 is 0.826 bits per heavy atom. The van der Waals surface area contributed by atoms with Crippen LogP contribution in [-0.4, -0.2) is 52.5 Å². The van der Waals surface area contributed by atoms with E-state index >= 15 is 0 Å². The van der Waals surface area contributed by atoms with Crippen molar-refractivity contribution < 1.29 is 0 Å². The van der Waals surface area contributed by atoms with Gasteiger partial charge in [0.1, 0.15) is 18.7 Å². The topological polar surface area (TPSA) is 78.3 Å². The molecule has 5 nitrogen and oxygen atoms in total. The van der Waals surface area contributed by atoms with E-state index in [1.807, 2.05) is 24.3 Å². The number of aromatic nitrogens is 3. The summed E-state index contributed by atoms with van der Waals surface area (Å²) < 4.78 is 1.75.